The molecule has 0 spiro atoms. The Hall–Kier alpha value is -2.23. The number of allylic oxidation sites excluding steroid dienone is 1. The predicted molar refractivity (Wildman–Crippen MR) is 124 cm³/mol. The number of fused-ring (bicyclic) bond motifs is 1. The van der Waals surface area contributed by atoms with Crippen LogP contribution in [0.3, 0.4) is 0 Å². The second kappa shape index (κ2) is 10.1. The van der Waals surface area contributed by atoms with Crippen molar-refractivity contribution in [3.05, 3.63) is 64.0 Å². The maximum Gasteiger partial charge on any atom is 0.166 e. The van der Waals surface area contributed by atoms with E-state index in [1.807, 2.05) is 0 Å². The molecule has 1 saturated carbocycles. The van der Waals surface area contributed by atoms with Gasteiger partial charge in [0, 0.05) is 5.56 Å². The Kier molecular flexibility index (Phi) is 7.27. The van der Waals surface area contributed by atoms with Gasteiger partial charge in [0.25, 0.3) is 0 Å². The van der Waals surface area contributed by atoms with E-state index in [1.165, 1.54) is 38.9 Å². The Bertz CT molecular complexity index is 987. The van der Waals surface area contributed by atoms with Gasteiger partial charge < -0.3 is 4.74 Å². The normalized spacial score (nSPS) is 20.6. The van der Waals surface area contributed by atoms with Gasteiger partial charge in [-0.25, -0.2) is 13.2 Å². The number of aryl methyl sites for hydroxylation is 1. The zero-order chi connectivity index (χ0) is 22.7. The number of ether oxygens (including phenoxy) is 1. The minimum absolute atomic E-state index is 0.101. The van der Waals surface area contributed by atoms with Crippen LogP contribution in [0, 0.1) is 23.4 Å². The molecule has 2 aliphatic carbocycles. The minimum atomic E-state index is -0.767. The van der Waals surface area contributed by atoms with Crippen molar-refractivity contribution in [3.8, 4) is 5.75 Å². The van der Waals surface area contributed by atoms with Gasteiger partial charge in [-0.15, -0.1) is 0 Å². The van der Waals surface area contributed by atoms with E-state index in [1.54, 1.807) is 24.3 Å². The summed E-state index contributed by atoms with van der Waals surface area (Å²) in [4.78, 5) is 0. The van der Waals surface area contributed by atoms with Crippen molar-refractivity contribution in [2.45, 2.75) is 77.0 Å². The molecule has 0 heterocycles. The summed E-state index contributed by atoms with van der Waals surface area (Å²) >= 11 is 0. The van der Waals surface area contributed by atoms with Gasteiger partial charge in [0.15, 0.2) is 23.2 Å². The van der Waals surface area contributed by atoms with Gasteiger partial charge in [-0.1, -0.05) is 50.8 Å². The van der Waals surface area contributed by atoms with Crippen molar-refractivity contribution in [3.63, 3.8) is 0 Å². The quantitative estimate of drug-likeness (QED) is 0.391. The number of hydrogen-bond acceptors (Lipinski definition) is 1. The summed E-state index contributed by atoms with van der Waals surface area (Å²) in [6.45, 7) is 2.22. The molecule has 2 aliphatic rings. The second-order valence-corrected chi connectivity index (χ2v) is 9.40. The molecule has 1 fully saturated rings. The van der Waals surface area contributed by atoms with Crippen LogP contribution >= 0.6 is 0 Å². The van der Waals surface area contributed by atoms with Gasteiger partial charge in [-0.2, -0.15) is 0 Å². The Balaban J connectivity index is 1.51. The average molecular weight is 443 g/mol. The van der Waals surface area contributed by atoms with Gasteiger partial charge in [0.2, 0.25) is 0 Å². The Morgan fingerprint density at radius 1 is 0.938 bits per heavy atom. The highest BCUT2D eigenvalue weighted by atomic mass is 19.2. The smallest absolute Gasteiger partial charge is 0.166 e. The van der Waals surface area contributed by atoms with E-state index in [2.05, 4.69) is 6.92 Å². The lowest BCUT2D eigenvalue weighted by Crippen LogP contribution is -2.15. The Labute approximate surface area is 189 Å². The van der Waals surface area contributed by atoms with Crippen molar-refractivity contribution >= 4 is 11.6 Å². The van der Waals surface area contributed by atoms with Crippen LogP contribution in [0.4, 0.5) is 13.2 Å². The molecule has 32 heavy (non-hydrogen) atoms. The summed E-state index contributed by atoms with van der Waals surface area (Å²) < 4.78 is 49.5. The van der Waals surface area contributed by atoms with Crippen LogP contribution in [0.15, 0.2) is 24.3 Å². The number of benzene rings is 2. The van der Waals surface area contributed by atoms with Crippen LogP contribution in [-0.4, -0.2) is 7.11 Å². The molecule has 2 aromatic carbocycles. The molecule has 0 atom stereocenters. The lowest BCUT2D eigenvalue weighted by atomic mass is 9.76. The zero-order valence-electron chi connectivity index (χ0n) is 19.2. The Morgan fingerprint density at radius 3 is 2.44 bits per heavy atom. The van der Waals surface area contributed by atoms with Crippen LogP contribution in [-0.2, 0) is 6.42 Å². The van der Waals surface area contributed by atoms with Crippen LogP contribution < -0.4 is 4.74 Å². The molecule has 172 valence electrons. The third-order valence-corrected chi connectivity index (χ3v) is 7.37. The molecule has 4 rings (SSSR count). The van der Waals surface area contributed by atoms with E-state index in [4.69, 9.17) is 4.74 Å². The summed E-state index contributed by atoms with van der Waals surface area (Å²) in [7, 11) is 1.44. The molecule has 2 aromatic rings. The summed E-state index contributed by atoms with van der Waals surface area (Å²) in [6.07, 6.45) is 12.1. The Morgan fingerprint density at radius 2 is 1.72 bits per heavy atom. The van der Waals surface area contributed by atoms with E-state index in [-0.39, 0.29) is 11.7 Å². The van der Waals surface area contributed by atoms with E-state index in [0.29, 0.717) is 35.1 Å². The van der Waals surface area contributed by atoms with Crippen molar-refractivity contribution in [2.24, 2.45) is 5.92 Å². The summed E-state index contributed by atoms with van der Waals surface area (Å²) in [6, 6.07) is 6.60. The molecule has 1 nitrogen and oxygen atoms in total. The van der Waals surface area contributed by atoms with Crippen LogP contribution in [0.25, 0.3) is 11.6 Å². The number of rotatable bonds is 7. The van der Waals surface area contributed by atoms with Gasteiger partial charge in [0.05, 0.1) is 7.11 Å². The molecular weight excluding hydrogens is 409 g/mol. The topological polar surface area (TPSA) is 9.23 Å². The lowest BCUT2D eigenvalue weighted by molar-refractivity contribution is 0.298. The number of hydrogen-bond donors (Lipinski definition) is 0. The first kappa shape index (κ1) is 22.9. The third-order valence-electron chi connectivity index (χ3n) is 7.37. The first-order valence-corrected chi connectivity index (χ1v) is 12.1. The second-order valence-electron chi connectivity index (χ2n) is 9.40. The first-order chi connectivity index (χ1) is 15.5. The summed E-state index contributed by atoms with van der Waals surface area (Å²) in [5.41, 5.74) is 3.19. The molecule has 0 aliphatic heterocycles. The maximum absolute atomic E-state index is 15.1. The number of halogens is 3. The highest BCUT2D eigenvalue weighted by Gasteiger charge is 2.27. The van der Waals surface area contributed by atoms with Crippen LogP contribution in [0.1, 0.15) is 92.9 Å². The standard InChI is InChI=1S/C28H33F3O/c1-3-4-5-6-18-7-9-19(10-8-18)23-13-14-24(28(31)27(23)30)21-12-11-20-17-26(32-2)25(29)16-22(20)15-21/h13-19H,3-12H2,1-2H3. The molecule has 4 heteroatoms. The average Bonchev–Trinajstić information content (AvgIpc) is 2.81. The highest BCUT2D eigenvalue weighted by Crippen LogP contribution is 2.41. The predicted octanol–water partition coefficient (Wildman–Crippen LogP) is 8.45. The fourth-order valence-corrected chi connectivity index (χ4v) is 5.43. The van der Waals surface area contributed by atoms with Crippen molar-refractivity contribution < 1.29 is 17.9 Å². The number of methoxy groups -OCH3 is 1. The zero-order valence-corrected chi connectivity index (χ0v) is 19.2. The highest BCUT2D eigenvalue weighted by molar-refractivity contribution is 5.85. The van der Waals surface area contributed by atoms with E-state index in [0.717, 1.165) is 37.2 Å². The molecular formula is C28H33F3O. The maximum atomic E-state index is 15.1. The van der Waals surface area contributed by atoms with Gasteiger partial charge in [0.1, 0.15) is 0 Å². The summed E-state index contributed by atoms with van der Waals surface area (Å²) in [5, 5.41) is 0. The van der Waals surface area contributed by atoms with Crippen LogP contribution in [0.2, 0.25) is 0 Å². The van der Waals surface area contributed by atoms with Gasteiger partial charge in [-0.3, -0.25) is 0 Å². The van der Waals surface area contributed by atoms with Crippen molar-refractivity contribution in [1.82, 2.24) is 0 Å². The molecule has 0 unspecified atom stereocenters. The van der Waals surface area contributed by atoms with E-state index in [9.17, 15) is 4.39 Å². The monoisotopic (exact) mass is 442 g/mol. The minimum Gasteiger partial charge on any atom is -0.494 e. The SMILES string of the molecule is CCCCCC1CCC(c2ccc(C3=Cc4cc(F)c(OC)cc4CC3)c(F)c2F)CC1. The summed E-state index contributed by atoms with van der Waals surface area (Å²) in [5.74, 6) is -0.876. The fraction of sp³-hybridized carbons (Fsp3) is 0.500. The molecule has 0 radical (unpaired) electrons. The molecule has 0 saturated heterocycles. The fourth-order valence-electron chi connectivity index (χ4n) is 5.43. The third kappa shape index (κ3) is 4.74. The van der Waals surface area contributed by atoms with Crippen molar-refractivity contribution in [2.75, 3.05) is 7.11 Å². The van der Waals surface area contributed by atoms with Crippen LogP contribution in [0.5, 0.6) is 5.75 Å². The molecule has 0 N–H and O–H groups in total. The molecule has 0 amide bonds. The van der Waals surface area contributed by atoms with Gasteiger partial charge >= 0.3 is 0 Å². The molecule has 0 aromatic heterocycles. The van der Waals surface area contributed by atoms with Gasteiger partial charge in [-0.05, 0) is 84.8 Å². The lowest BCUT2D eigenvalue weighted by Gasteiger charge is -2.29. The first-order valence-electron chi connectivity index (χ1n) is 12.1. The molecule has 0 bridgehead atoms. The van der Waals surface area contributed by atoms with E-state index >= 15 is 8.78 Å². The largest absolute Gasteiger partial charge is 0.494 e. The number of unbranched alkanes of at least 4 members (excludes halogenated alkanes) is 2. The van der Waals surface area contributed by atoms with Crippen molar-refractivity contribution in [1.29, 1.82) is 0 Å². The van der Waals surface area contributed by atoms with E-state index < -0.39 is 17.5 Å².